The number of hydrogen-bond acceptors (Lipinski definition) is 2. The second kappa shape index (κ2) is 5.96. The van der Waals surface area contributed by atoms with Crippen molar-refractivity contribution in [2.24, 2.45) is 11.1 Å². The van der Waals surface area contributed by atoms with Gasteiger partial charge < -0.3 is 10.5 Å². The molecule has 0 unspecified atom stereocenters. The Kier molecular flexibility index (Phi) is 5.65. The Bertz CT molecular complexity index is 429. The van der Waals surface area contributed by atoms with E-state index in [1.165, 1.54) is 6.07 Å². The topological polar surface area (TPSA) is 35.2 Å². The van der Waals surface area contributed by atoms with Gasteiger partial charge in [-0.25, -0.2) is 4.39 Å². The van der Waals surface area contributed by atoms with Crippen molar-refractivity contribution in [3.63, 3.8) is 0 Å². The summed E-state index contributed by atoms with van der Waals surface area (Å²) in [5.41, 5.74) is 5.99. The molecule has 7 heteroatoms. The Hall–Kier alpha value is -1.01. The number of ether oxygens (including phenoxy) is 1. The van der Waals surface area contributed by atoms with Crippen LogP contribution >= 0.6 is 12.4 Å². The lowest BCUT2D eigenvalue weighted by Gasteiger charge is -2.27. The van der Waals surface area contributed by atoms with Gasteiger partial charge in [-0.2, -0.15) is 0 Å². The minimum Gasteiger partial charge on any atom is -0.403 e. The normalized spacial score (nSPS) is 13.7. The first kappa shape index (κ1) is 18.0. The van der Waals surface area contributed by atoms with E-state index in [2.05, 4.69) is 4.74 Å². The van der Waals surface area contributed by atoms with Crippen molar-refractivity contribution in [1.29, 1.82) is 0 Å². The highest BCUT2D eigenvalue weighted by Crippen LogP contribution is 2.33. The zero-order chi connectivity index (χ0) is 14.1. The van der Waals surface area contributed by atoms with Crippen molar-refractivity contribution < 1.29 is 22.3 Å². The minimum atomic E-state index is -4.91. The molecule has 19 heavy (non-hydrogen) atoms. The van der Waals surface area contributed by atoms with Gasteiger partial charge in [-0.15, -0.1) is 25.6 Å². The molecule has 0 saturated carbocycles. The number of halogens is 5. The summed E-state index contributed by atoms with van der Waals surface area (Å²) in [7, 11) is 0. The summed E-state index contributed by atoms with van der Waals surface area (Å²) in [6, 6.07) is 2.76. The zero-order valence-corrected chi connectivity index (χ0v) is 11.5. The van der Waals surface area contributed by atoms with Crippen LogP contribution < -0.4 is 10.5 Å². The summed E-state index contributed by atoms with van der Waals surface area (Å²) in [6.07, 6.45) is -4.91. The van der Waals surface area contributed by atoms with Crippen molar-refractivity contribution >= 4 is 12.4 Å². The van der Waals surface area contributed by atoms with Crippen molar-refractivity contribution in [1.82, 2.24) is 0 Å². The summed E-state index contributed by atoms with van der Waals surface area (Å²) in [5, 5.41) is 0. The van der Waals surface area contributed by atoms with Gasteiger partial charge in [0.25, 0.3) is 0 Å². The molecule has 0 spiro atoms. The molecule has 0 fully saturated rings. The lowest BCUT2D eigenvalue weighted by Crippen LogP contribution is -2.26. The molecular formula is C12H16ClF4NO. The highest BCUT2D eigenvalue weighted by molar-refractivity contribution is 5.85. The van der Waals surface area contributed by atoms with Crippen LogP contribution in [-0.4, -0.2) is 6.36 Å². The first-order valence-corrected chi connectivity index (χ1v) is 5.31. The van der Waals surface area contributed by atoms with Gasteiger partial charge in [0, 0.05) is 6.04 Å². The fraction of sp³-hybridized carbons (Fsp3) is 0.500. The average molecular weight is 302 g/mol. The maximum Gasteiger partial charge on any atom is 0.573 e. The monoisotopic (exact) mass is 301 g/mol. The summed E-state index contributed by atoms with van der Waals surface area (Å²) in [5.74, 6) is -1.93. The van der Waals surface area contributed by atoms with E-state index in [1.54, 1.807) is 0 Å². The molecule has 110 valence electrons. The summed E-state index contributed by atoms with van der Waals surface area (Å²) in [6.45, 7) is 5.57. The first-order chi connectivity index (χ1) is 8.00. The second-order valence-electron chi connectivity index (χ2n) is 5.08. The van der Waals surface area contributed by atoms with Crippen LogP contribution in [0.5, 0.6) is 5.75 Å². The number of alkyl halides is 3. The number of hydrogen-bond donors (Lipinski definition) is 1. The Morgan fingerprint density at radius 3 is 2.05 bits per heavy atom. The van der Waals surface area contributed by atoms with E-state index in [1.807, 2.05) is 20.8 Å². The molecule has 0 aromatic heterocycles. The molecule has 0 aliphatic rings. The second-order valence-corrected chi connectivity index (χ2v) is 5.08. The quantitative estimate of drug-likeness (QED) is 0.831. The van der Waals surface area contributed by atoms with Crippen LogP contribution in [-0.2, 0) is 0 Å². The molecule has 0 radical (unpaired) electrons. The van der Waals surface area contributed by atoms with E-state index >= 15 is 0 Å². The Morgan fingerprint density at radius 1 is 1.16 bits per heavy atom. The third-order valence-corrected chi connectivity index (χ3v) is 2.47. The number of benzene rings is 1. The first-order valence-electron chi connectivity index (χ1n) is 5.31. The lowest BCUT2D eigenvalue weighted by molar-refractivity contribution is -0.275. The molecule has 2 nitrogen and oxygen atoms in total. The summed E-state index contributed by atoms with van der Waals surface area (Å²) >= 11 is 0. The Morgan fingerprint density at radius 2 is 1.68 bits per heavy atom. The summed E-state index contributed by atoms with van der Waals surface area (Å²) < 4.78 is 52.9. The van der Waals surface area contributed by atoms with Gasteiger partial charge >= 0.3 is 6.36 Å². The van der Waals surface area contributed by atoms with Crippen LogP contribution in [0.4, 0.5) is 17.6 Å². The number of rotatable bonds is 2. The lowest BCUT2D eigenvalue weighted by atomic mass is 9.83. The third-order valence-electron chi connectivity index (χ3n) is 2.47. The van der Waals surface area contributed by atoms with Crippen LogP contribution in [0.3, 0.4) is 0 Å². The van der Waals surface area contributed by atoms with E-state index in [0.29, 0.717) is 5.56 Å². The van der Waals surface area contributed by atoms with Crippen LogP contribution in [0.15, 0.2) is 18.2 Å². The van der Waals surface area contributed by atoms with E-state index in [9.17, 15) is 17.6 Å². The molecule has 0 aliphatic carbocycles. The van der Waals surface area contributed by atoms with E-state index in [-0.39, 0.29) is 17.8 Å². The highest BCUT2D eigenvalue weighted by atomic mass is 35.5. The largest absolute Gasteiger partial charge is 0.573 e. The van der Waals surface area contributed by atoms with Crippen LogP contribution in [0.2, 0.25) is 0 Å². The van der Waals surface area contributed by atoms with Crippen LogP contribution in [0, 0.1) is 11.2 Å². The predicted octanol–water partition coefficient (Wildman–Crippen LogP) is 4.19. The molecule has 0 heterocycles. The van der Waals surface area contributed by atoms with Crippen LogP contribution in [0.1, 0.15) is 32.4 Å². The molecular weight excluding hydrogens is 286 g/mol. The third kappa shape index (κ3) is 5.24. The van der Waals surface area contributed by atoms with Crippen molar-refractivity contribution in [3.8, 4) is 5.75 Å². The highest BCUT2D eigenvalue weighted by Gasteiger charge is 2.32. The van der Waals surface area contributed by atoms with E-state index in [4.69, 9.17) is 5.73 Å². The van der Waals surface area contributed by atoms with Gasteiger partial charge in [-0.3, -0.25) is 0 Å². The van der Waals surface area contributed by atoms with Crippen molar-refractivity contribution in [2.45, 2.75) is 33.2 Å². The van der Waals surface area contributed by atoms with Gasteiger partial charge in [0.2, 0.25) is 0 Å². The van der Waals surface area contributed by atoms with Crippen molar-refractivity contribution in [2.75, 3.05) is 0 Å². The van der Waals surface area contributed by atoms with E-state index in [0.717, 1.165) is 12.1 Å². The maximum absolute atomic E-state index is 13.4. The zero-order valence-electron chi connectivity index (χ0n) is 10.7. The predicted molar refractivity (Wildman–Crippen MR) is 66.7 cm³/mol. The number of nitrogens with two attached hydrogens (primary N) is 1. The molecule has 1 aromatic rings. The van der Waals surface area contributed by atoms with Gasteiger partial charge in [-0.05, 0) is 23.1 Å². The average Bonchev–Trinajstić information content (AvgIpc) is 2.16. The molecule has 0 amide bonds. The molecule has 0 saturated heterocycles. The van der Waals surface area contributed by atoms with Crippen molar-refractivity contribution in [3.05, 3.63) is 29.6 Å². The van der Waals surface area contributed by atoms with Gasteiger partial charge in [0.1, 0.15) is 0 Å². The molecule has 0 aliphatic heterocycles. The molecule has 1 rings (SSSR count). The molecule has 1 atom stereocenters. The maximum atomic E-state index is 13.4. The van der Waals surface area contributed by atoms with Gasteiger partial charge in [0.15, 0.2) is 11.6 Å². The van der Waals surface area contributed by atoms with Crippen LogP contribution in [0.25, 0.3) is 0 Å². The molecule has 1 aromatic carbocycles. The Labute approximate surface area is 115 Å². The minimum absolute atomic E-state index is 0. The summed E-state index contributed by atoms with van der Waals surface area (Å²) in [4.78, 5) is 0. The van der Waals surface area contributed by atoms with Gasteiger partial charge in [0.05, 0.1) is 0 Å². The fourth-order valence-corrected chi connectivity index (χ4v) is 1.42. The standard InChI is InChI=1S/C12H15F4NO.ClH/c1-11(2,3)10(17)7-4-5-9(8(13)6-7)18-12(14,15)16;/h4-6,10H,17H2,1-3H3;1H/t10-;/m1./s1. The van der Waals surface area contributed by atoms with Gasteiger partial charge in [-0.1, -0.05) is 26.8 Å². The smallest absolute Gasteiger partial charge is 0.403 e. The molecule has 0 bridgehead atoms. The fourth-order valence-electron chi connectivity index (χ4n) is 1.42. The Balaban J connectivity index is 0.00000324. The SMILES string of the molecule is CC(C)(C)[C@H](N)c1ccc(OC(F)(F)F)c(F)c1.Cl. The van der Waals surface area contributed by atoms with E-state index < -0.39 is 24.0 Å². The molecule has 2 N–H and O–H groups in total.